The first-order valence-electron chi connectivity index (χ1n) is 6.11. The zero-order valence-corrected chi connectivity index (χ0v) is 12.0. The maximum atomic E-state index is 11.0. The third-order valence-corrected chi connectivity index (χ3v) is 3.76. The molecule has 17 heavy (non-hydrogen) atoms. The van der Waals surface area contributed by atoms with Gasteiger partial charge in [-0.15, -0.1) is 0 Å². The lowest BCUT2D eigenvalue weighted by molar-refractivity contribution is 0.470. The molecule has 1 aromatic rings. The summed E-state index contributed by atoms with van der Waals surface area (Å²) in [5.74, 6) is 0.773. The van der Waals surface area contributed by atoms with Crippen LogP contribution in [-0.4, -0.2) is 22.3 Å². The highest BCUT2D eigenvalue weighted by atomic mass is 32.2. The van der Waals surface area contributed by atoms with Gasteiger partial charge in [-0.2, -0.15) is 0 Å². The summed E-state index contributed by atoms with van der Waals surface area (Å²) in [5, 5.41) is 3.54. The third kappa shape index (κ3) is 5.46. The molecule has 0 aliphatic carbocycles. The van der Waals surface area contributed by atoms with Crippen LogP contribution < -0.4 is 5.32 Å². The molecule has 0 saturated heterocycles. The molecule has 1 rings (SSSR count). The van der Waals surface area contributed by atoms with E-state index in [0.29, 0.717) is 12.1 Å². The van der Waals surface area contributed by atoms with Crippen molar-refractivity contribution in [1.29, 1.82) is 0 Å². The zero-order chi connectivity index (χ0) is 12.8. The fourth-order valence-corrected chi connectivity index (χ4v) is 2.49. The number of hydrogen-bond acceptors (Lipinski definition) is 2. The number of nitrogens with one attached hydrogen (secondary N) is 1. The summed E-state index contributed by atoms with van der Waals surface area (Å²) >= 11 is 0. The van der Waals surface area contributed by atoms with E-state index in [-0.39, 0.29) is 0 Å². The van der Waals surface area contributed by atoms with Crippen LogP contribution in [0.5, 0.6) is 0 Å². The predicted octanol–water partition coefficient (Wildman–Crippen LogP) is 2.80. The standard InChI is InChI=1S/C14H23NOS/c1-11-5-7-14(8-6-11)13(3)15-12(2)9-10-17(4)16/h5-8,12-13,15H,9-10H2,1-4H3. The van der Waals surface area contributed by atoms with Crippen LogP contribution in [-0.2, 0) is 10.8 Å². The van der Waals surface area contributed by atoms with Gasteiger partial charge in [0.05, 0.1) is 0 Å². The van der Waals surface area contributed by atoms with Crippen molar-refractivity contribution in [3.63, 3.8) is 0 Å². The highest BCUT2D eigenvalue weighted by Crippen LogP contribution is 2.14. The summed E-state index contributed by atoms with van der Waals surface area (Å²) in [7, 11) is -0.689. The van der Waals surface area contributed by atoms with Crippen LogP contribution in [0.25, 0.3) is 0 Å². The zero-order valence-electron chi connectivity index (χ0n) is 11.2. The molecule has 2 nitrogen and oxygen atoms in total. The minimum absolute atomic E-state index is 0.343. The van der Waals surface area contributed by atoms with Gasteiger partial charge >= 0.3 is 0 Å². The smallest absolute Gasteiger partial charge is 0.0294 e. The monoisotopic (exact) mass is 253 g/mol. The normalized spacial score (nSPS) is 16.5. The van der Waals surface area contributed by atoms with E-state index in [2.05, 4.69) is 50.4 Å². The molecule has 0 amide bonds. The first-order valence-corrected chi connectivity index (χ1v) is 7.84. The number of benzene rings is 1. The van der Waals surface area contributed by atoms with Gasteiger partial charge in [0, 0.05) is 34.9 Å². The van der Waals surface area contributed by atoms with Gasteiger partial charge in [-0.1, -0.05) is 29.8 Å². The Hall–Kier alpha value is -0.670. The lowest BCUT2D eigenvalue weighted by atomic mass is 10.1. The summed E-state index contributed by atoms with van der Waals surface area (Å²) in [6, 6.07) is 9.35. The van der Waals surface area contributed by atoms with Crippen LogP contribution in [0.15, 0.2) is 24.3 Å². The minimum Gasteiger partial charge on any atom is -0.308 e. The van der Waals surface area contributed by atoms with Crippen LogP contribution in [0, 0.1) is 6.92 Å². The fraction of sp³-hybridized carbons (Fsp3) is 0.571. The largest absolute Gasteiger partial charge is 0.308 e. The number of rotatable bonds is 6. The Bertz CT molecular complexity index is 361. The summed E-state index contributed by atoms with van der Waals surface area (Å²) in [4.78, 5) is 0. The molecule has 0 radical (unpaired) electrons. The van der Waals surface area contributed by atoms with E-state index >= 15 is 0 Å². The molecule has 3 atom stereocenters. The quantitative estimate of drug-likeness (QED) is 0.844. The average Bonchev–Trinajstić information content (AvgIpc) is 2.27. The topological polar surface area (TPSA) is 29.1 Å². The van der Waals surface area contributed by atoms with Crippen molar-refractivity contribution < 1.29 is 4.21 Å². The fourth-order valence-electron chi connectivity index (χ4n) is 1.80. The third-order valence-electron chi connectivity index (χ3n) is 2.95. The van der Waals surface area contributed by atoms with Gasteiger partial charge in [-0.05, 0) is 32.8 Å². The van der Waals surface area contributed by atoms with Crippen molar-refractivity contribution in [2.24, 2.45) is 0 Å². The molecule has 3 unspecified atom stereocenters. The first kappa shape index (κ1) is 14.4. The highest BCUT2D eigenvalue weighted by Gasteiger charge is 2.09. The SMILES string of the molecule is Cc1ccc(C(C)NC(C)CCS(C)=O)cc1. The molecule has 0 spiro atoms. The molecular formula is C14H23NOS. The van der Waals surface area contributed by atoms with Gasteiger partial charge in [0.25, 0.3) is 0 Å². The Morgan fingerprint density at radius 1 is 1.24 bits per heavy atom. The maximum Gasteiger partial charge on any atom is 0.0294 e. The summed E-state index contributed by atoms with van der Waals surface area (Å²) in [6.07, 6.45) is 2.72. The van der Waals surface area contributed by atoms with E-state index in [0.717, 1.165) is 12.2 Å². The van der Waals surface area contributed by atoms with E-state index in [9.17, 15) is 4.21 Å². The second-order valence-corrected chi connectivity index (χ2v) is 6.32. The van der Waals surface area contributed by atoms with E-state index < -0.39 is 10.8 Å². The number of hydrogen-bond donors (Lipinski definition) is 1. The molecule has 0 heterocycles. The Morgan fingerprint density at radius 3 is 2.35 bits per heavy atom. The van der Waals surface area contributed by atoms with Gasteiger partial charge in [-0.25, -0.2) is 0 Å². The van der Waals surface area contributed by atoms with Gasteiger partial charge in [0.15, 0.2) is 0 Å². The van der Waals surface area contributed by atoms with E-state index in [1.807, 2.05) is 0 Å². The molecule has 96 valence electrons. The molecule has 0 fully saturated rings. The molecule has 1 N–H and O–H groups in total. The molecule has 0 aliphatic rings. The van der Waals surface area contributed by atoms with Crippen LogP contribution in [0.1, 0.15) is 37.4 Å². The van der Waals surface area contributed by atoms with Crippen molar-refractivity contribution in [3.05, 3.63) is 35.4 Å². The Kier molecular flexibility index (Phi) is 5.86. The van der Waals surface area contributed by atoms with Gasteiger partial charge in [0.1, 0.15) is 0 Å². The van der Waals surface area contributed by atoms with Crippen LogP contribution in [0.3, 0.4) is 0 Å². The van der Waals surface area contributed by atoms with Crippen LogP contribution >= 0.6 is 0 Å². The first-order chi connectivity index (χ1) is 7.99. The average molecular weight is 253 g/mol. The van der Waals surface area contributed by atoms with Crippen LogP contribution in [0.2, 0.25) is 0 Å². The van der Waals surface area contributed by atoms with E-state index in [1.54, 1.807) is 6.26 Å². The van der Waals surface area contributed by atoms with Gasteiger partial charge in [0.2, 0.25) is 0 Å². The Morgan fingerprint density at radius 2 is 1.82 bits per heavy atom. The van der Waals surface area contributed by atoms with E-state index in [4.69, 9.17) is 0 Å². The molecule has 0 bridgehead atoms. The van der Waals surface area contributed by atoms with Gasteiger partial charge < -0.3 is 5.32 Å². The second kappa shape index (κ2) is 6.92. The summed E-state index contributed by atoms with van der Waals surface area (Å²) in [6.45, 7) is 6.42. The molecular weight excluding hydrogens is 230 g/mol. The molecule has 0 saturated carbocycles. The predicted molar refractivity (Wildman–Crippen MR) is 75.7 cm³/mol. The van der Waals surface area contributed by atoms with Crippen molar-refractivity contribution >= 4 is 10.8 Å². The minimum atomic E-state index is -0.689. The van der Waals surface area contributed by atoms with Gasteiger partial charge in [-0.3, -0.25) is 4.21 Å². The lowest BCUT2D eigenvalue weighted by Crippen LogP contribution is -2.30. The van der Waals surface area contributed by atoms with E-state index in [1.165, 1.54) is 11.1 Å². The Labute approximate surface area is 107 Å². The van der Waals surface area contributed by atoms with Crippen molar-refractivity contribution in [1.82, 2.24) is 5.32 Å². The summed E-state index contributed by atoms with van der Waals surface area (Å²) in [5.41, 5.74) is 2.59. The molecule has 1 aromatic carbocycles. The Balaban J connectivity index is 2.45. The molecule has 0 aliphatic heterocycles. The van der Waals surface area contributed by atoms with Crippen molar-refractivity contribution in [2.75, 3.05) is 12.0 Å². The van der Waals surface area contributed by atoms with Crippen molar-refractivity contribution in [3.8, 4) is 0 Å². The lowest BCUT2D eigenvalue weighted by Gasteiger charge is -2.20. The highest BCUT2D eigenvalue weighted by molar-refractivity contribution is 7.84. The molecule has 3 heteroatoms. The summed E-state index contributed by atoms with van der Waals surface area (Å²) < 4.78 is 11.0. The number of aryl methyl sites for hydroxylation is 1. The molecule has 0 aromatic heterocycles. The second-order valence-electron chi connectivity index (χ2n) is 4.77. The maximum absolute atomic E-state index is 11.0. The van der Waals surface area contributed by atoms with Crippen LogP contribution in [0.4, 0.5) is 0 Å². The van der Waals surface area contributed by atoms with Crippen molar-refractivity contribution in [2.45, 2.75) is 39.3 Å².